The van der Waals surface area contributed by atoms with Gasteiger partial charge < -0.3 is 5.11 Å². The van der Waals surface area contributed by atoms with Crippen molar-refractivity contribution in [1.29, 1.82) is 0 Å². The Bertz CT molecular complexity index is 312. The number of allylic oxidation sites excluding steroid dienone is 1. The van der Waals surface area contributed by atoms with Crippen LogP contribution in [0.2, 0.25) is 0 Å². The Labute approximate surface area is 95.1 Å². The number of halogens is 5. The molecule has 0 aliphatic rings. The Kier molecular flexibility index (Phi) is 5.10. The van der Waals surface area contributed by atoms with Gasteiger partial charge in [-0.05, 0) is 13.3 Å². The number of carboxylic acids is 1. The molecule has 0 saturated carbocycles. The lowest BCUT2D eigenvalue weighted by atomic mass is 10.0. The third-order valence-electron chi connectivity index (χ3n) is 2.12. The molecule has 0 aliphatic carbocycles. The molecule has 0 radical (unpaired) electrons. The molecule has 7 heteroatoms. The van der Waals surface area contributed by atoms with Crippen LogP contribution in [0.5, 0.6) is 0 Å². The third kappa shape index (κ3) is 3.67. The molecule has 0 rings (SSSR count). The van der Waals surface area contributed by atoms with Crippen molar-refractivity contribution in [2.45, 2.75) is 44.7 Å². The molecule has 0 aromatic rings. The minimum absolute atomic E-state index is 0.0194. The largest absolute Gasteiger partial charge is 0.478 e. The van der Waals surface area contributed by atoms with Crippen LogP contribution < -0.4 is 0 Å². The smallest absolute Gasteiger partial charge is 0.344 e. The molecule has 0 aromatic carbocycles. The molecule has 0 saturated heterocycles. The minimum Gasteiger partial charge on any atom is -0.478 e. The van der Waals surface area contributed by atoms with Gasteiger partial charge in [-0.3, -0.25) is 0 Å². The molecular weight excluding hydrogens is 247 g/mol. The summed E-state index contributed by atoms with van der Waals surface area (Å²) in [5, 5.41) is 8.31. The SMILES string of the molecule is CCCC(F)C(F)(F)C(F)(F)C=C(C)C(=O)O. The van der Waals surface area contributed by atoms with Crippen molar-refractivity contribution in [3.8, 4) is 0 Å². The van der Waals surface area contributed by atoms with Gasteiger partial charge in [0, 0.05) is 11.6 Å². The van der Waals surface area contributed by atoms with E-state index in [1.54, 1.807) is 0 Å². The Morgan fingerprint density at radius 2 is 1.82 bits per heavy atom. The Balaban J connectivity index is 5.15. The second-order valence-corrected chi connectivity index (χ2v) is 3.63. The van der Waals surface area contributed by atoms with E-state index < -0.39 is 42.1 Å². The third-order valence-corrected chi connectivity index (χ3v) is 2.12. The van der Waals surface area contributed by atoms with Gasteiger partial charge in [-0.25, -0.2) is 9.18 Å². The van der Waals surface area contributed by atoms with Gasteiger partial charge in [0.05, 0.1) is 0 Å². The van der Waals surface area contributed by atoms with Crippen molar-refractivity contribution in [2.75, 3.05) is 0 Å². The maximum atomic E-state index is 13.1. The standard InChI is InChI=1S/C10H13F5O2/c1-3-4-7(11)10(14,15)9(12,13)5-6(2)8(16)17/h5,7H,3-4H2,1-2H3,(H,16,17). The lowest BCUT2D eigenvalue weighted by Gasteiger charge is -2.27. The molecule has 0 amide bonds. The summed E-state index contributed by atoms with van der Waals surface area (Å²) < 4.78 is 65.1. The van der Waals surface area contributed by atoms with Crippen molar-refractivity contribution < 1.29 is 31.9 Å². The van der Waals surface area contributed by atoms with Crippen LogP contribution in [-0.2, 0) is 4.79 Å². The fraction of sp³-hybridized carbons (Fsp3) is 0.700. The van der Waals surface area contributed by atoms with Crippen LogP contribution in [0.3, 0.4) is 0 Å². The highest BCUT2D eigenvalue weighted by Gasteiger charge is 2.60. The zero-order valence-electron chi connectivity index (χ0n) is 9.31. The first-order valence-corrected chi connectivity index (χ1v) is 4.88. The molecule has 0 bridgehead atoms. The summed E-state index contributed by atoms with van der Waals surface area (Å²) in [5.41, 5.74) is -0.960. The molecule has 0 aromatic heterocycles. The quantitative estimate of drug-likeness (QED) is 0.586. The number of hydrogen-bond acceptors (Lipinski definition) is 1. The van der Waals surface area contributed by atoms with E-state index in [4.69, 9.17) is 5.11 Å². The summed E-state index contributed by atoms with van der Waals surface area (Å²) in [7, 11) is 0. The molecule has 1 N–H and O–H groups in total. The molecule has 17 heavy (non-hydrogen) atoms. The molecule has 0 fully saturated rings. The first-order chi connectivity index (χ1) is 7.56. The Hall–Kier alpha value is -1.14. The van der Waals surface area contributed by atoms with Gasteiger partial charge in [-0.1, -0.05) is 13.3 Å². The highest BCUT2D eigenvalue weighted by Crippen LogP contribution is 2.41. The van der Waals surface area contributed by atoms with Crippen molar-refractivity contribution in [2.24, 2.45) is 0 Å². The summed E-state index contributed by atoms with van der Waals surface area (Å²) in [6.45, 7) is 2.11. The average molecular weight is 260 g/mol. The number of aliphatic carboxylic acids is 1. The first kappa shape index (κ1) is 15.9. The predicted octanol–water partition coefficient (Wildman–Crippen LogP) is 3.43. The normalized spacial score (nSPS) is 15.8. The zero-order valence-corrected chi connectivity index (χ0v) is 9.31. The number of rotatable bonds is 6. The summed E-state index contributed by atoms with van der Waals surface area (Å²) in [4.78, 5) is 10.3. The van der Waals surface area contributed by atoms with Crippen LogP contribution in [-0.4, -0.2) is 29.1 Å². The van der Waals surface area contributed by atoms with Gasteiger partial charge in [0.2, 0.25) is 0 Å². The monoisotopic (exact) mass is 260 g/mol. The van der Waals surface area contributed by atoms with E-state index in [1.807, 2.05) is 0 Å². The van der Waals surface area contributed by atoms with Gasteiger partial charge in [0.1, 0.15) is 0 Å². The number of carbonyl (C=O) groups is 1. The van der Waals surface area contributed by atoms with Gasteiger partial charge in [0.25, 0.3) is 0 Å². The molecule has 0 heterocycles. The van der Waals surface area contributed by atoms with Crippen LogP contribution >= 0.6 is 0 Å². The highest BCUT2D eigenvalue weighted by atomic mass is 19.3. The maximum absolute atomic E-state index is 13.1. The summed E-state index contributed by atoms with van der Waals surface area (Å²) >= 11 is 0. The molecule has 0 aliphatic heterocycles. The zero-order chi connectivity index (χ0) is 13.9. The van der Waals surface area contributed by atoms with E-state index in [9.17, 15) is 26.7 Å². The lowest BCUT2D eigenvalue weighted by molar-refractivity contribution is -0.215. The molecule has 100 valence electrons. The Morgan fingerprint density at radius 3 is 2.18 bits per heavy atom. The van der Waals surface area contributed by atoms with E-state index in [2.05, 4.69) is 0 Å². The van der Waals surface area contributed by atoms with Gasteiger partial charge in [0.15, 0.2) is 6.17 Å². The van der Waals surface area contributed by atoms with Crippen LogP contribution in [0, 0.1) is 0 Å². The minimum atomic E-state index is -4.92. The second-order valence-electron chi connectivity index (χ2n) is 3.63. The van der Waals surface area contributed by atoms with E-state index in [1.165, 1.54) is 6.92 Å². The number of carboxylic acid groups (broad SMARTS) is 1. The van der Waals surface area contributed by atoms with Crippen LogP contribution in [0.1, 0.15) is 26.7 Å². The van der Waals surface area contributed by atoms with E-state index >= 15 is 0 Å². The first-order valence-electron chi connectivity index (χ1n) is 4.88. The van der Waals surface area contributed by atoms with E-state index in [-0.39, 0.29) is 6.42 Å². The highest BCUT2D eigenvalue weighted by molar-refractivity contribution is 5.86. The maximum Gasteiger partial charge on any atom is 0.344 e. The van der Waals surface area contributed by atoms with E-state index in [0.29, 0.717) is 0 Å². The summed E-state index contributed by atoms with van der Waals surface area (Å²) in [6.07, 6.45) is -4.17. The second kappa shape index (κ2) is 5.46. The van der Waals surface area contributed by atoms with Crippen LogP contribution in [0.25, 0.3) is 0 Å². The summed E-state index contributed by atoms with van der Waals surface area (Å²) in [6, 6.07) is 0. The van der Waals surface area contributed by atoms with Gasteiger partial charge in [-0.15, -0.1) is 0 Å². The van der Waals surface area contributed by atoms with Crippen molar-refractivity contribution in [1.82, 2.24) is 0 Å². The van der Waals surface area contributed by atoms with Crippen LogP contribution in [0.4, 0.5) is 22.0 Å². The molecule has 1 atom stereocenters. The molecule has 0 spiro atoms. The average Bonchev–Trinajstić information content (AvgIpc) is 2.16. The number of alkyl halides is 5. The van der Waals surface area contributed by atoms with Gasteiger partial charge in [-0.2, -0.15) is 17.6 Å². The van der Waals surface area contributed by atoms with Crippen molar-refractivity contribution in [3.05, 3.63) is 11.6 Å². The fourth-order valence-corrected chi connectivity index (χ4v) is 1.07. The van der Waals surface area contributed by atoms with Crippen molar-refractivity contribution >= 4 is 5.97 Å². The Morgan fingerprint density at radius 1 is 1.35 bits per heavy atom. The molecule has 2 nitrogen and oxygen atoms in total. The predicted molar refractivity (Wildman–Crippen MR) is 51.1 cm³/mol. The van der Waals surface area contributed by atoms with Crippen LogP contribution in [0.15, 0.2) is 11.6 Å². The lowest BCUT2D eigenvalue weighted by Crippen LogP contribution is -2.47. The molecular formula is C10H13F5O2. The fourth-order valence-electron chi connectivity index (χ4n) is 1.07. The van der Waals surface area contributed by atoms with Gasteiger partial charge >= 0.3 is 17.8 Å². The number of hydrogen-bond donors (Lipinski definition) is 1. The topological polar surface area (TPSA) is 37.3 Å². The van der Waals surface area contributed by atoms with E-state index in [0.717, 1.165) is 6.92 Å². The van der Waals surface area contributed by atoms with Crippen molar-refractivity contribution in [3.63, 3.8) is 0 Å². The molecule has 1 unspecified atom stereocenters. The summed E-state index contributed by atoms with van der Waals surface area (Å²) in [5.74, 6) is -11.5.